The Bertz CT molecular complexity index is 329. The fraction of sp³-hybridized carbons (Fsp3) is 0.700. The Kier molecular flexibility index (Phi) is 5.16. The van der Waals surface area contributed by atoms with E-state index in [1.165, 1.54) is 28.0 Å². The van der Waals surface area contributed by atoms with Gasteiger partial charge < -0.3 is 0 Å². The molecule has 0 saturated heterocycles. The van der Waals surface area contributed by atoms with Gasteiger partial charge in [0, 0.05) is 0 Å². The van der Waals surface area contributed by atoms with Gasteiger partial charge in [0.25, 0.3) is 0 Å². The Hall–Kier alpha value is 0.162. The molecule has 86 valence electrons. The maximum atomic E-state index is 6.47. The number of aromatic nitrogens is 2. The van der Waals surface area contributed by atoms with Crippen molar-refractivity contribution in [2.24, 2.45) is 14.1 Å². The number of rotatable bonds is 4. The van der Waals surface area contributed by atoms with Gasteiger partial charge in [-0.3, -0.25) is 0 Å². The third-order valence-corrected chi connectivity index (χ3v) is 6.48. The molecule has 0 N–H and O–H groups in total. The molecular formula is C10H19ClN2Pd. The van der Waals surface area contributed by atoms with Crippen molar-refractivity contribution in [1.29, 1.82) is 0 Å². The van der Waals surface area contributed by atoms with Gasteiger partial charge in [-0.2, -0.15) is 0 Å². The van der Waals surface area contributed by atoms with E-state index >= 15 is 0 Å². The predicted octanol–water partition coefficient (Wildman–Crippen LogP) is 3.28. The molecular weight excluding hydrogens is 290 g/mol. The summed E-state index contributed by atoms with van der Waals surface area (Å²) >= 11 is -1.00. The Labute approximate surface area is 95.3 Å². The first kappa shape index (κ1) is 12.2. The van der Waals surface area contributed by atoms with Crippen LogP contribution < -0.4 is 0 Å². The van der Waals surface area contributed by atoms with E-state index in [4.69, 9.17) is 9.53 Å². The fourth-order valence-electron chi connectivity index (χ4n) is 1.30. The van der Waals surface area contributed by atoms with Gasteiger partial charge in [0.1, 0.15) is 0 Å². The molecule has 2 nitrogen and oxygen atoms in total. The van der Waals surface area contributed by atoms with E-state index in [1.54, 1.807) is 0 Å². The molecule has 0 amide bonds. The zero-order valence-electron chi connectivity index (χ0n) is 9.07. The van der Waals surface area contributed by atoms with Crippen LogP contribution in [0.2, 0.25) is 4.89 Å². The average Bonchev–Trinajstić information content (AvgIpc) is 2.46. The summed E-state index contributed by atoms with van der Waals surface area (Å²) in [5.74, 6) is 0. The van der Waals surface area contributed by atoms with Crippen molar-refractivity contribution < 1.29 is 15.3 Å². The van der Waals surface area contributed by atoms with E-state index in [0.29, 0.717) is 0 Å². The molecule has 0 saturated carbocycles. The first-order valence-corrected chi connectivity index (χ1v) is 8.78. The molecule has 0 bridgehead atoms. The van der Waals surface area contributed by atoms with Gasteiger partial charge in [-0.1, -0.05) is 0 Å². The molecule has 1 rings (SSSR count). The van der Waals surface area contributed by atoms with Gasteiger partial charge in [0.05, 0.1) is 0 Å². The van der Waals surface area contributed by atoms with Gasteiger partial charge in [-0.05, 0) is 0 Å². The van der Waals surface area contributed by atoms with E-state index in [-0.39, 0.29) is 0 Å². The molecule has 4 heteroatoms. The third kappa shape index (κ3) is 3.09. The monoisotopic (exact) mass is 308 g/mol. The number of hydrogen-bond donors (Lipinski definition) is 0. The van der Waals surface area contributed by atoms with Crippen molar-refractivity contribution in [1.82, 2.24) is 9.13 Å². The van der Waals surface area contributed by atoms with Crippen LogP contribution in [0, 0.1) is 3.89 Å². The van der Waals surface area contributed by atoms with Crippen molar-refractivity contribution >= 4 is 9.53 Å². The number of imidazole rings is 1. The summed E-state index contributed by atoms with van der Waals surface area (Å²) in [6, 6.07) is 0. The van der Waals surface area contributed by atoms with Gasteiger partial charge in [0.2, 0.25) is 0 Å². The molecule has 0 aliphatic carbocycles. The van der Waals surface area contributed by atoms with Crippen LogP contribution in [-0.2, 0) is 29.4 Å². The van der Waals surface area contributed by atoms with Crippen molar-refractivity contribution in [3.8, 4) is 0 Å². The summed E-state index contributed by atoms with van der Waals surface area (Å²) in [5.41, 5.74) is 0. The van der Waals surface area contributed by atoms with E-state index < -0.39 is 15.3 Å². The second-order valence-corrected chi connectivity index (χ2v) is 7.82. The van der Waals surface area contributed by atoms with Crippen LogP contribution in [-0.4, -0.2) is 9.13 Å². The molecule has 0 fully saturated rings. The summed E-state index contributed by atoms with van der Waals surface area (Å²) < 4.78 is 5.62. The van der Waals surface area contributed by atoms with E-state index in [9.17, 15) is 0 Å². The second-order valence-electron chi connectivity index (χ2n) is 3.38. The molecule has 0 aromatic carbocycles. The Morgan fingerprint density at radius 2 is 1.79 bits per heavy atom. The summed E-state index contributed by atoms with van der Waals surface area (Å²) in [6.45, 7) is 2.23. The van der Waals surface area contributed by atoms with Crippen molar-refractivity contribution in [2.45, 2.75) is 31.1 Å². The van der Waals surface area contributed by atoms with Crippen LogP contribution in [0.1, 0.15) is 26.2 Å². The minimum atomic E-state index is -1.00. The summed E-state index contributed by atoms with van der Waals surface area (Å²) in [6.07, 6.45) is 8.00. The number of nitrogens with zero attached hydrogens (tertiary/aromatic N) is 2. The molecule has 0 atom stereocenters. The first-order chi connectivity index (χ1) is 6.66. The molecule has 0 aliphatic rings. The van der Waals surface area contributed by atoms with Crippen LogP contribution in [0.25, 0.3) is 0 Å². The molecule has 14 heavy (non-hydrogen) atoms. The normalized spacial score (nSPS) is 11.9. The number of aryl methyl sites for hydroxylation is 2. The van der Waals surface area contributed by atoms with Crippen LogP contribution in [0.15, 0.2) is 12.4 Å². The van der Waals surface area contributed by atoms with Crippen LogP contribution in [0.3, 0.4) is 0 Å². The molecule has 0 unspecified atom stereocenters. The summed E-state index contributed by atoms with van der Waals surface area (Å²) in [5, 5.41) is 0. The van der Waals surface area contributed by atoms with E-state index in [2.05, 4.69) is 42.5 Å². The van der Waals surface area contributed by atoms with Crippen LogP contribution in [0.5, 0.6) is 0 Å². The Morgan fingerprint density at radius 1 is 1.21 bits per heavy atom. The molecule has 1 heterocycles. The second kappa shape index (κ2) is 5.90. The molecule has 1 aromatic heterocycles. The number of hydrogen-bond acceptors (Lipinski definition) is 0. The predicted molar refractivity (Wildman–Crippen MR) is 57.8 cm³/mol. The van der Waals surface area contributed by atoms with Gasteiger partial charge in [-0.25, -0.2) is 0 Å². The zero-order chi connectivity index (χ0) is 10.6. The average molecular weight is 309 g/mol. The topological polar surface area (TPSA) is 9.86 Å². The molecule has 0 radical (unpaired) electrons. The van der Waals surface area contributed by atoms with E-state index in [0.717, 1.165) is 0 Å². The Morgan fingerprint density at radius 3 is 2.29 bits per heavy atom. The van der Waals surface area contributed by atoms with Gasteiger partial charge in [-0.15, -0.1) is 0 Å². The molecule has 0 spiro atoms. The van der Waals surface area contributed by atoms with Gasteiger partial charge in [0.15, 0.2) is 0 Å². The first-order valence-electron chi connectivity index (χ1n) is 4.90. The molecule has 0 aliphatic heterocycles. The third-order valence-electron chi connectivity index (χ3n) is 2.06. The SMILES string of the molecule is CCCC[CH2][Pd]([Cl])=[c]1n(C)ccn1C. The standard InChI is InChI=1S/C5H8N2.C5H11.ClH.Pd/c1-6-3-4-7(2)5-6;1-3-5-4-2;;/h3-4H,1-2H3;1,3-5H2,2H3;1H;/q;;;+1/p-1. The zero-order valence-corrected chi connectivity index (χ0v) is 11.4. The number of halogens is 1. The summed E-state index contributed by atoms with van der Waals surface area (Å²) in [4.78, 5) is 1.19. The van der Waals surface area contributed by atoms with Crippen LogP contribution in [0.4, 0.5) is 0 Å². The minimum absolute atomic E-state index is 1.00. The van der Waals surface area contributed by atoms with Gasteiger partial charge >= 0.3 is 95.4 Å². The van der Waals surface area contributed by atoms with Crippen molar-refractivity contribution in [3.05, 3.63) is 16.3 Å². The Balaban J connectivity index is 2.82. The fourth-order valence-corrected chi connectivity index (χ4v) is 5.44. The number of unbranched alkanes of at least 4 members (excludes halogenated alkanes) is 2. The molecule has 1 aromatic rings. The van der Waals surface area contributed by atoms with Crippen molar-refractivity contribution in [2.75, 3.05) is 0 Å². The van der Waals surface area contributed by atoms with E-state index in [1.807, 2.05) is 0 Å². The summed E-state index contributed by atoms with van der Waals surface area (Å²) in [7, 11) is 10.6. The van der Waals surface area contributed by atoms with Crippen LogP contribution >= 0.6 is 9.53 Å². The van der Waals surface area contributed by atoms with Crippen molar-refractivity contribution in [3.63, 3.8) is 0 Å². The quantitative estimate of drug-likeness (QED) is 0.597. The maximum absolute atomic E-state index is 6.47.